The second-order valence-electron chi connectivity index (χ2n) is 5.11. The Bertz CT molecular complexity index is 553. The van der Waals surface area contributed by atoms with E-state index in [-0.39, 0.29) is 5.75 Å². The van der Waals surface area contributed by atoms with Gasteiger partial charge in [-0.25, -0.2) is 0 Å². The normalized spacial score (nSPS) is 14.4. The van der Waals surface area contributed by atoms with Crippen LogP contribution in [0.1, 0.15) is 12.5 Å². The Morgan fingerprint density at radius 3 is 2.30 bits per heavy atom. The molecule has 0 aliphatic carbocycles. The molecule has 1 rings (SSSR count). The number of thiol groups is 1. The van der Waals surface area contributed by atoms with Gasteiger partial charge < -0.3 is 21.5 Å². The summed E-state index contributed by atoms with van der Waals surface area (Å²) in [4.78, 5) is 34.7. The number of carboxylic acids is 1. The van der Waals surface area contributed by atoms with Gasteiger partial charge in [0.25, 0.3) is 0 Å². The molecule has 0 bridgehead atoms. The fourth-order valence-electron chi connectivity index (χ4n) is 1.81. The topological polar surface area (TPSA) is 122 Å². The second-order valence-corrected chi connectivity index (χ2v) is 5.47. The molecule has 0 fully saturated rings. The predicted molar refractivity (Wildman–Crippen MR) is 89.1 cm³/mol. The fraction of sp³-hybridized carbons (Fsp3) is 0.400. The van der Waals surface area contributed by atoms with Crippen molar-refractivity contribution in [1.82, 2.24) is 10.6 Å². The molecule has 0 saturated carbocycles. The molecule has 0 spiro atoms. The average Bonchev–Trinajstić information content (AvgIpc) is 2.52. The van der Waals surface area contributed by atoms with E-state index in [1.807, 2.05) is 30.3 Å². The van der Waals surface area contributed by atoms with Crippen LogP contribution in [0.2, 0.25) is 0 Å². The third-order valence-corrected chi connectivity index (χ3v) is 3.55. The molecule has 1 aromatic rings. The van der Waals surface area contributed by atoms with E-state index in [9.17, 15) is 14.4 Å². The number of carbonyl (C=O) groups excluding carboxylic acids is 2. The number of hydrogen-bond donors (Lipinski definition) is 5. The van der Waals surface area contributed by atoms with E-state index in [0.29, 0.717) is 6.42 Å². The first-order valence-corrected chi connectivity index (χ1v) is 7.72. The van der Waals surface area contributed by atoms with Crippen molar-refractivity contribution in [2.24, 2.45) is 5.73 Å². The first-order chi connectivity index (χ1) is 10.8. The van der Waals surface area contributed by atoms with Gasteiger partial charge in [-0.3, -0.25) is 14.4 Å². The Kier molecular flexibility index (Phi) is 7.56. The number of carbonyl (C=O) groups is 3. The summed E-state index contributed by atoms with van der Waals surface area (Å²) >= 11 is 4.01. The van der Waals surface area contributed by atoms with Crippen molar-refractivity contribution in [3.8, 4) is 0 Å². The van der Waals surface area contributed by atoms with E-state index in [0.717, 1.165) is 5.56 Å². The van der Waals surface area contributed by atoms with E-state index in [1.54, 1.807) is 0 Å². The van der Waals surface area contributed by atoms with E-state index < -0.39 is 35.9 Å². The maximum Gasteiger partial charge on any atom is 0.325 e. The van der Waals surface area contributed by atoms with Crippen molar-refractivity contribution < 1.29 is 19.5 Å². The van der Waals surface area contributed by atoms with Crippen molar-refractivity contribution in [3.63, 3.8) is 0 Å². The lowest BCUT2D eigenvalue weighted by molar-refractivity contribution is -0.141. The number of aliphatic carboxylic acids is 1. The summed E-state index contributed by atoms with van der Waals surface area (Å²) in [6, 6.07) is 6.43. The number of hydrogen-bond acceptors (Lipinski definition) is 5. The Morgan fingerprint density at radius 1 is 1.17 bits per heavy atom. The SMILES string of the molecule is C[C@H](NC(=O)[C@H](CS)NC(=O)[C@@H](N)Cc1ccccc1)C(=O)O. The number of amides is 2. The highest BCUT2D eigenvalue weighted by atomic mass is 32.1. The lowest BCUT2D eigenvalue weighted by atomic mass is 10.1. The zero-order chi connectivity index (χ0) is 17.4. The molecule has 23 heavy (non-hydrogen) atoms. The van der Waals surface area contributed by atoms with Crippen LogP contribution in [-0.2, 0) is 20.8 Å². The smallest absolute Gasteiger partial charge is 0.325 e. The standard InChI is InChI=1S/C15H21N3O4S/c1-9(15(21)22)17-14(20)12(8-23)18-13(19)11(16)7-10-5-3-2-4-6-10/h2-6,9,11-12,23H,7-8,16H2,1H3,(H,17,20)(H,18,19)(H,21,22)/t9-,11-,12-/m0/s1. The van der Waals surface area contributed by atoms with Gasteiger partial charge in [-0.1, -0.05) is 30.3 Å². The van der Waals surface area contributed by atoms with Gasteiger partial charge in [-0.05, 0) is 18.9 Å². The minimum Gasteiger partial charge on any atom is -0.480 e. The number of nitrogens with one attached hydrogen (secondary N) is 2. The maximum atomic E-state index is 12.1. The lowest BCUT2D eigenvalue weighted by Crippen LogP contribution is -2.55. The molecule has 7 nitrogen and oxygen atoms in total. The van der Waals surface area contributed by atoms with Crippen molar-refractivity contribution in [2.45, 2.75) is 31.5 Å². The van der Waals surface area contributed by atoms with Gasteiger partial charge in [0, 0.05) is 5.75 Å². The Hall–Kier alpha value is -2.06. The zero-order valence-corrected chi connectivity index (χ0v) is 13.6. The molecule has 2 amide bonds. The highest BCUT2D eigenvalue weighted by Gasteiger charge is 2.25. The van der Waals surface area contributed by atoms with Crippen LogP contribution in [0.3, 0.4) is 0 Å². The molecular weight excluding hydrogens is 318 g/mol. The Morgan fingerprint density at radius 2 is 1.78 bits per heavy atom. The summed E-state index contributed by atoms with van der Waals surface area (Å²) in [7, 11) is 0. The highest BCUT2D eigenvalue weighted by molar-refractivity contribution is 7.80. The van der Waals surface area contributed by atoms with Gasteiger partial charge in [0.15, 0.2) is 0 Å². The Labute approximate surface area is 140 Å². The minimum atomic E-state index is -1.16. The number of nitrogens with two attached hydrogens (primary N) is 1. The third kappa shape index (κ3) is 6.29. The van der Waals surface area contributed by atoms with Crippen molar-refractivity contribution in [2.75, 3.05) is 5.75 Å². The molecule has 1 aromatic carbocycles. The quantitative estimate of drug-likeness (QED) is 0.411. The Balaban J connectivity index is 2.58. The van der Waals surface area contributed by atoms with Gasteiger partial charge in [-0.2, -0.15) is 12.6 Å². The van der Waals surface area contributed by atoms with Gasteiger partial charge in [0.2, 0.25) is 11.8 Å². The van der Waals surface area contributed by atoms with E-state index in [2.05, 4.69) is 23.3 Å². The summed E-state index contributed by atoms with van der Waals surface area (Å²) in [5.41, 5.74) is 6.74. The molecule has 3 atom stereocenters. The highest BCUT2D eigenvalue weighted by Crippen LogP contribution is 2.02. The third-order valence-electron chi connectivity index (χ3n) is 3.18. The summed E-state index contributed by atoms with van der Waals surface area (Å²) in [5.74, 6) is -2.24. The van der Waals surface area contributed by atoms with Crippen LogP contribution >= 0.6 is 12.6 Å². The lowest BCUT2D eigenvalue weighted by Gasteiger charge is -2.20. The van der Waals surface area contributed by atoms with Crippen molar-refractivity contribution >= 4 is 30.4 Å². The largest absolute Gasteiger partial charge is 0.480 e. The van der Waals surface area contributed by atoms with Crippen LogP contribution in [0.4, 0.5) is 0 Å². The molecule has 5 N–H and O–H groups in total. The van der Waals surface area contributed by atoms with E-state index in [4.69, 9.17) is 10.8 Å². The molecular formula is C15H21N3O4S. The van der Waals surface area contributed by atoms with Gasteiger partial charge in [0.05, 0.1) is 6.04 Å². The van der Waals surface area contributed by atoms with Crippen LogP contribution in [0.25, 0.3) is 0 Å². The van der Waals surface area contributed by atoms with Gasteiger partial charge in [0.1, 0.15) is 12.1 Å². The molecule has 0 radical (unpaired) electrons. The van der Waals surface area contributed by atoms with Crippen LogP contribution < -0.4 is 16.4 Å². The summed E-state index contributed by atoms with van der Waals surface area (Å²) in [5, 5.41) is 13.5. The first kappa shape index (κ1) is 19.0. The summed E-state index contributed by atoms with van der Waals surface area (Å²) in [6.07, 6.45) is 0.332. The molecule has 0 heterocycles. The van der Waals surface area contributed by atoms with Crippen LogP contribution in [-0.4, -0.2) is 46.8 Å². The number of carboxylic acid groups (broad SMARTS) is 1. The average molecular weight is 339 g/mol. The van der Waals surface area contributed by atoms with Crippen LogP contribution in [0, 0.1) is 0 Å². The molecule has 8 heteroatoms. The maximum absolute atomic E-state index is 12.1. The molecule has 0 aliphatic rings. The van der Waals surface area contributed by atoms with Crippen LogP contribution in [0.5, 0.6) is 0 Å². The minimum absolute atomic E-state index is 0.0297. The monoisotopic (exact) mass is 339 g/mol. The van der Waals surface area contributed by atoms with Gasteiger partial charge in [-0.15, -0.1) is 0 Å². The summed E-state index contributed by atoms with van der Waals surface area (Å²) in [6.45, 7) is 1.33. The molecule has 0 unspecified atom stereocenters. The fourth-order valence-corrected chi connectivity index (χ4v) is 2.07. The van der Waals surface area contributed by atoms with E-state index >= 15 is 0 Å². The summed E-state index contributed by atoms with van der Waals surface area (Å²) < 4.78 is 0. The zero-order valence-electron chi connectivity index (χ0n) is 12.7. The van der Waals surface area contributed by atoms with Crippen LogP contribution in [0.15, 0.2) is 30.3 Å². The molecule has 0 aromatic heterocycles. The molecule has 0 saturated heterocycles. The molecule has 126 valence electrons. The van der Waals surface area contributed by atoms with Crippen molar-refractivity contribution in [3.05, 3.63) is 35.9 Å². The molecule has 0 aliphatic heterocycles. The van der Waals surface area contributed by atoms with E-state index in [1.165, 1.54) is 6.92 Å². The first-order valence-electron chi connectivity index (χ1n) is 7.09. The predicted octanol–water partition coefficient (Wildman–Crippen LogP) is -0.440. The number of benzene rings is 1. The van der Waals surface area contributed by atoms with Gasteiger partial charge >= 0.3 is 5.97 Å². The van der Waals surface area contributed by atoms with Crippen molar-refractivity contribution in [1.29, 1.82) is 0 Å². The number of rotatable bonds is 8. The second kappa shape index (κ2) is 9.16.